The van der Waals surface area contributed by atoms with Gasteiger partial charge in [0.15, 0.2) is 0 Å². The summed E-state index contributed by atoms with van der Waals surface area (Å²) in [5, 5.41) is 17.6. The van der Waals surface area contributed by atoms with Gasteiger partial charge < -0.3 is 0 Å². The Bertz CT molecular complexity index is 745. The minimum absolute atomic E-state index is 0.263. The minimum atomic E-state index is -0.291. The van der Waals surface area contributed by atoms with Gasteiger partial charge in [0.05, 0.1) is 0 Å². The topological polar surface area (TPSA) is 73.9 Å². The number of nitriles is 2. The molecule has 0 radical (unpaired) electrons. The number of aldehydes is 1. The standard InChI is InChI=1S/C16H10N2O2Se/c17-8-12-2-1-3-13(6-12)10-20-16-7-15(21-11-18)5-4-14(16)9-19/h1-7,9H,10H2. The van der Waals surface area contributed by atoms with Gasteiger partial charge in [0.2, 0.25) is 0 Å². The van der Waals surface area contributed by atoms with Crippen molar-refractivity contribution in [2.24, 2.45) is 0 Å². The van der Waals surface area contributed by atoms with E-state index in [1.54, 1.807) is 36.4 Å². The summed E-state index contributed by atoms with van der Waals surface area (Å²) in [4.78, 5) is 13.1. The third-order valence-electron chi connectivity index (χ3n) is 2.73. The van der Waals surface area contributed by atoms with Crippen LogP contribution in [-0.4, -0.2) is 21.2 Å². The Morgan fingerprint density at radius 3 is 2.76 bits per heavy atom. The van der Waals surface area contributed by atoms with Crippen LogP contribution in [0.2, 0.25) is 0 Å². The quantitative estimate of drug-likeness (QED) is 0.614. The summed E-state index contributed by atoms with van der Waals surface area (Å²) in [5.74, 6) is 0.460. The van der Waals surface area contributed by atoms with E-state index in [2.05, 4.69) is 11.0 Å². The molecule has 0 saturated carbocycles. The monoisotopic (exact) mass is 342 g/mol. The predicted molar refractivity (Wildman–Crippen MR) is 78.3 cm³/mol. The summed E-state index contributed by atoms with van der Waals surface area (Å²) >= 11 is -0.291. The van der Waals surface area contributed by atoms with E-state index in [4.69, 9.17) is 15.3 Å². The first kappa shape index (κ1) is 14.8. The molecule has 0 atom stereocenters. The van der Waals surface area contributed by atoms with Crippen LogP contribution in [-0.2, 0) is 6.61 Å². The Morgan fingerprint density at radius 1 is 1.19 bits per heavy atom. The zero-order valence-electron chi connectivity index (χ0n) is 10.9. The number of hydrogen-bond acceptors (Lipinski definition) is 4. The van der Waals surface area contributed by atoms with E-state index in [0.29, 0.717) is 16.9 Å². The Labute approximate surface area is 128 Å². The van der Waals surface area contributed by atoms with Gasteiger partial charge in [-0.2, -0.15) is 0 Å². The Kier molecular flexibility index (Phi) is 5.12. The number of ether oxygens (including phenoxy) is 1. The normalized spacial score (nSPS) is 9.43. The molecule has 0 N–H and O–H groups in total. The molecule has 0 aliphatic heterocycles. The van der Waals surface area contributed by atoms with Gasteiger partial charge in [-0.05, 0) is 0 Å². The van der Waals surface area contributed by atoms with Crippen LogP contribution in [0.25, 0.3) is 0 Å². The second-order valence-electron chi connectivity index (χ2n) is 4.11. The average molecular weight is 341 g/mol. The van der Waals surface area contributed by atoms with Crippen LogP contribution in [0.4, 0.5) is 0 Å². The van der Waals surface area contributed by atoms with E-state index in [1.165, 1.54) is 0 Å². The number of rotatable bonds is 5. The molecule has 2 aromatic carbocycles. The molecule has 4 nitrogen and oxygen atoms in total. The molecule has 5 heteroatoms. The van der Waals surface area contributed by atoms with Crippen LogP contribution in [0.15, 0.2) is 42.5 Å². The molecule has 21 heavy (non-hydrogen) atoms. The molecule has 102 valence electrons. The molecule has 0 fully saturated rings. The third kappa shape index (κ3) is 3.94. The molecule has 0 heterocycles. The van der Waals surface area contributed by atoms with E-state index in [-0.39, 0.29) is 21.6 Å². The number of hydrogen-bond donors (Lipinski definition) is 0. The van der Waals surface area contributed by atoms with Crippen LogP contribution in [0.1, 0.15) is 21.5 Å². The summed E-state index contributed by atoms with van der Waals surface area (Å²) in [6.07, 6.45) is 0.726. The average Bonchev–Trinajstić information content (AvgIpc) is 2.53. The number of carbonyl (C=O) groups excluding carboxylic acids is 1. The second kappa shape index (κ2) is 7.26. The Hall–Kier alpha value is -2.59. The first-order valence-electron chi connectivity index (χ1n) is 6.04. The van der Waals surface area contributed by atoms with Gasteiger partial charge in [0, 0.05) is 0 Å². The summed E-state index contributed by atoms with van der Waals surface area (Å²) < 4.78 is 6.52. The molecule has 0 spiro atoms. The van der Waals surface area contributed by atoms with Crippen molar-refractivity contribution in [1.82, 2.24) is 0 Å². The molecule has 0 amide bonds. The SMILES string of the molecule is N#C[Se]c1ccc(C=O)c(OCc2cccc(C#N)c2)c1. The van der Waals surface area contributed by atoms with Crippen molar-refractivity contribution >= 4 is 25.7 Å². The first-order chi connectivity index (χ1) is 10.3. The van der Waals surface area contributed by atoms with Gasteiger partial charge in [0.25, 0.3) is 0 Å². The van der Waals surface area contributed by atoms with Crippen molar-refractivity contribution in [3.05, 3.63) is 59.2 Å². The van der Waals surface area contributed by atoms with Crippen LogP contribution in [0, 0.1) is 21.6 Å². The van der Waals surface area contributed by atoms with Gasteiger partial charge in [-0.1, -0.05) is 0 Å². The van der Waals surface area contributed by atoms with E-state index >= 15 is 0 Å². The molecule has 0 aliphatic rings. The van der Waals surface area contributed by atoms with Gasteiger partial charge in [-0.25, -0.2) is 0 Å². The summed E-state index contributed by atoms with van der Waals surface area (Å²) in [6.45, 7) is 0.263. The maximum atomic E-state index is 11.0. The van der Waals surface area contributed by atoms with Crippen LogP contribution in [0.5, 0.6) is 5.75 Å². The van der Waals surface area contributed by atoms with Gasteiger partial charge in [-0.15, -0.1) is 0 Å². The fourth-order valence-electron chi connectivity index (χ4n) is 1.74. The third-order valence-corrected chi connectivity index (χ3v) is 3.94. The molecular weight excluding hydrogens is 331 g/mol. The molecule has 0 unspecified atom stereocenters. The van der Waals surface area contributed by atoms with Gasteiger partial charge >= 0.3 is 128 Å². The number of nitrogens with zero attached hydrogens (tertiary/aromatic N) is 2. The first-order valence-corrected chi connectivity index (χ1v) is 7.75. The fraction of sp³-hybridized carbons (Fsp3) is 0.0625. The van der Waals surface area contributed by atoms with Crippen molar-refractivity contribution < 1.29 is 9.53 Å². The van der Waals surface area contributed by atoms with E-state index in [0.717, 1.165) is 16.3 Å². The fourth-order valence-corrected chi connectivity index (χ4v) is 2.60. The summed E-state index contributed by atoms with van der Waals surface area (Å²) in [5.41, 5.74) is 1.86. The van der Waals surface area contributed by atoms with Gasteiger partial charge in [-0.3, -0.25) is 0 Å². The zero-order chi connectivity index (χ0) is 15.1. The van der Waals surface area contributed by atoms with E-state index in [9.17, 15) is 4.79 Å². The van der Waals surface area contributed by atoms with Crippen molar-refractivity contribution in [1.29, 1.82) is 10.5 Å². The Balaban J connectivity index is 2.18. The van der Waals surface area contributed by atoms with Crippen molar-refractivity contribution in [3.63, 3.8) is 0 Å². The molecule has 0 saturated heterocycles. The maximum absolute atomic E-state index is 11.0. The molecular formula is C16H10N2O2Se. The Morgan fingerprint density at radius 2 is 2.05 bits per heavy atom. The number of benzene rings is 2. The molecule has 0 aliphatic carbocycles. The molecule has 2 rings (SSSR count). The zero-order valence-corrected chi connectivity index (χ0v) is 12.7. The number of carbonyl (C=O) groups is 1. The van der Waals surface area contributed by atoms with Crippen molar-refractivity contribution in [2.75, 3.05) is 0 Å². The summed E-state index contributed by atoms with van der Waals surface area (Å²) in [7, 11) is 0. The van der Waals surface area contributed by atoms with Crippen LogP contribution >= 0.6 is 0 Å². The second-order valence-corrected chi connectivity index (χ2v) is 5.91. The van der Waals surface area contributed by atoms with E-state index < -0.39 is 0 Å². The predicted octanol–water partition coefficient (Wildman–Crippen LogP) is 1.76. The van der Waals surface area contributed by atoms with Crippen LogP contribution < -0.4 is 9.20 Å². The summed E-state index contributed by atoms with van der Waals surface area (Å²) in [6, 6.07) is 14.3. The van der Waals surface area contributed by atoms with Crippen molar-refractivity contribution in [3.8, 4) is 16.8 Å². The molecule has 2 aromatic rings. The van der Waals surface area contributed by atoms with Crippen LogP contribution in [0.3, 0.4) is 0 Å². The van der Waals surface area contributed by atoms with E-state index in [1.807, 2.05) is 6.07 Å². The molecule has 0 bridgehead atoms. The molecule has 0 aromatic heterocycles. The van der Waals surface area contributed by atoms with Gasteiger partial charge in [0.1, 0.15) is 0 Å². The van der Waals surface area contributed by atoms with Crippen molar-refractivity contribution in [2.45, 2.75) is 6.61 Å².